The van der Waals surface area contributed by atoms with E-state index in [1.165, 1.54) is 13.0 Å². The Kier molecular flexibility index (Phi) is 7.53. The van der Waals surface area contributed by atoms with Gasteiger partial charge in [-0.1, -0.05) is 40.9 Å². The molecule has 1 heterocycles. The number of carboxylic acid groups (broad SMARTS) is 1. The third-order valence-electron chi connectivity index (χ3n) is 4.38. The van der Waals surface area contributed by atoms with Gasteiger partial charge in [0.15, 0.2) is 0 Å². The lowest BCUT2D eigenvalue weighted by Gasteiger charge is -2.31. The van der Waals surface area contributed by atoms with Crippen LogP contribution in [0, 0.1) is 5.92 Å². The van der Waals surface area contributed by atoms with Gasteiger partial charge in [0, 0.05) is 25.1 Å². The summed E-state index contributed by atoms with van der Waals surface area (Å²) in [6.07, 6.45) is 3.93. The van der Waals surface area contributed by atoms with E-state index in [0.717, 1.165) is 0 Å². The summed E-state index contributed by atoms with van der Waals surface area (Å²) in [5, 5.41) is 12.2. The summed E-state index contributed by atoms with van der Waals surface area (Å²) < 4.78 is 0. The number of piperidine rings is 1. The normalized spacial score (nSPS) is 16.4. The molecule has 0 spiro atoms. The fraction of sp³-hybridized carbons (Fsp3) is 0.389. The second-order valence-electron chi connectivity index (χ2n) is 6.27. The monoisotopic (exact) mass is 432 g/mol. The SMILES string of the molecule is C[C@H](NC(=O)C1CCN(C(=O)/C=C/c2ccc(Cl)c(Cl)c2Cl)CC1)C(=O)O. The topological polar surface area (TPSA) is 86.7 Å². The largest absolute Gasteiger partial charge is 0.480 e. The van der Waals surface area contributed by atoms with Crippen LogP contribution in [0.4, 0.5) is 0 Å². The van der Waals surface area contributed by atoms with Crippen molar-refractivity contribution in [1.29, 1.82) is 0 Å². The molecule has 0 radical (unpaired) electrons. The van der Waals surface area contributed by atoms with Crippen molar-refractivity contribution >= 4 is 58.7 Å². The summed E-state index contributed by atoms with van der Waals surface area (Å²) in [7, 11) is 0. The maximum atomic E-state index is 12.3. The molecule has 6 nitrogen and oxygen atoms in total. The third-order valence-corrected chi connectivity index (χ3v) is 5.69. The number of hydrogen-bond donors (Lipinski definition) is 2. The molecule has 146 valence electrons. The van der Waals surface area contributed by atoms with Gasteiger partial charge < -0.3 is 15.3 Å². The summed E-state index contributed by atoms with van der Waals surface area (Å²) in [6, 6.07) is 2.33. The fourth-order valence-corrected chi connectivity index (χ4v) is 3.30. The summed E-state index contributed by atoms with van der Waals surface area (Å²) in [6.45, 7) is 2.24. The van der Waals surface area contributed by atoms with E-state index in [-0.39, 0.29) is 27.8 Å². The van der Waals surface area contributed by atoms with Gasteiger partial charge >= 0.3 is 5.97 Å². The van der Waals surface area contributed by atoms with Crippen LogP contribution in [-0.4, -0.2) is 46.9 Å². The molecule has 2 amide bonds. The Bertz CT molecular complexity index is 774. The second kappa shape index (κ2) is 9.44. The van der Waals surface area contributed by atoms with Crippen LogP contribution in [0.25, 0.3) is 6.08 Å². The highest BCUT2D eigenvalue weighted by molar-refractivity contribution is 6.48. The van der Waals surface area contributed by atoms with Gasteiger partial charge in [0.05, 0.1) is 15.1 Å². The Labute approximate surface area is 172 Å². The van der Waals surface area contributed by atoms with E-state index in [9.17, 15) is 14.4 Å². The Morgan fingerprint density at radius 3 is 2.41 bits per heavy atom. The number of hydrogen-bond acceptors (Lipinski definition) is 3. The van der Waals surface area contributed by atoms with Crippen molar-refractivity contribution in [2.45, 2.75) is 25.8 Å². The van der Waals surface area contributed by atoms with E-state index in [4.69, 9.17) is 39.9 Å². The van der Waals surface area contributed by atoms with Gasteiger partial charge in [0.1, 0.15) is 6.04 Å². The first-order valence-electron chi connectivity index (χ1n) is 8.34. The van der Waals surface area contributed by atoms with Gasteiger partial charge in [-0.2, -0.15) is 0 Å². The van der Waals surface area contributed by atoms with E-state index >= 15 is 0 Å². The minimum Gasteiger partial charge on any atom is -0.480 e. The van der Waals surface area contributed by atoms with Gasteiger partial charge in [0.2, 0.25) is 11.8 Å². The van der Waals surface area contributed by atoms with Crippen molar-refractivity contribution in [3.63, 3.8) is 0 Å². The van der Waals surface area contributed by atoms with Crippen LogP contribution < -0.4 is 5.32 Å². The summed E-state index contributed by atoms with van der Waals surface area (Å²) in [4.78, 5) is 36.8. The number of amides is 2. The van der Waals surface area contributed by atoms with Crippen molar-refractivity contribution in [3.8, 4) is 0 Å². The second-order valence-corrected chi connectivity index (χ2v) is 7.43. The van der Waals surface area contributed by atoms with Crippen LogP contribution >= 0.6 is 34.8 Å². The van der Waals surface area contributed by atoms with Crippen LogP contribution in [0.5, 0.6) is 0 Å². The molecule has 1 saturated heterocycles. The van der Waals surface area contributed by atoms with E-state index in [2.05, 4.69) is 5.32 Å². The molecule has 27 heavy (non-hydrogen) atoms. The van der Waals surface area contributed by atoms with E-state index in [1.807, 2.05) is 0 Å². The Hall–Kier alpha value is -1.76. The molecule has 0 bridgehead atoms. The number of halogens is 3. The molecule has 1 aliphatic rings. The maximum Gasteiger partial charge on any atom is 0.325 e. The summed E-state index contributed by atoms with van der Waals surface area (Å²) >= 11 is 18.0. The van der Waals surface area contributed by atoms with Gasteiger partial charge in [-0.3, -0.25) is 14.4 Å². The average Bonchev–Trinajstić information content (AvgIpc) is 2.65. The zero-order chi connectivity index (χ0) is 20.1. The molecule has 9 heteroatoms. The van der Waals surface area contributed by atoms with Crippen molar-refractivity contribution in [3.05, 3.63) is 38.8 Å². The minimum absolute atomic E-state index is 0.199. The molecule has 1 aromatic rings. The minimum atomic E-state index is -1.08. The molecule has 1 aliphatic heterocycles. The number of aliphatic carboxylic acids is 1. The molecule has 0 aliphatic carbocycles. The van der Waals surface area contributed by atoms with Crippen LogP contribution in [0.1, 0.15) is 25.3 Å². The van der Waals surface area contributed by atoms with Crippen molar-refractivity contribution < 1.29 is 19.5 Å². The number of carbonyl (C=O) groups excluding carboxylic acids is 2. The van der Waals surface area contributed by atoms with E-state index < -0.39 is 12.0 Å². The number of rotatable bonds is 5. The van der Waals surface area contributed by atoms with Crippen LogP contribution in [0.15, 0.2) is 18.2 Å². The summed E-state index contributed by atoms with van der Waals surface area (Å²) in [5.74, 6) is -1.88. The van der Waals surface area contributed by atoms with Crippen LogP contribution in [-0.2, 0) is 14.4 Å². The highest BCUT2D eigenvalue weighted by Crippen LogP contribution is 2.33. The lowest BCUT2D eigenvalue weighted by molar-refractivity contribution is -0.142. The number of carbonyl (C=O) groups is 3. The van der Waals surface area contributed by atoms with Crippen molar-refractivity contribution in [1.82, 2.24) is 10.2 Å². The predicted molar refractivity (Wildman–Crippen MR) is 105 cm³/mol. The zero-order valence-corrected chi connectivity index (χ0v) is 16.8. The standard InChI is InChI=1S/C18H19Cl3N2O4/c1-10(18(26)27)22-17(25)12-6-8-23(9-7-12)14(24)5-3-11-2-4-13(19)16(21)15(11)20/h2-5,10,12H,6-9H2,1H3,(H,22,25)(H,26,27)/b5-3+/t10-/m0/s1. The molecule has 2 N–H and O–H groups in total. The quantitative estimate of drug-likeness (QED) is 0.550. The lowest BCUT2D eigenvalue weighted by atomic mass is 9.95. The Morgan fingerprint density at radius 2 is 1.81 bits per heavy atom. The average molecular weight is 434 g/mol. The molecule has 2 rings (SSSR count). The fourth-order valence-electron chi connectivity index (χ4n) is 2.69. The lowest BCUT2D eigenvalue weighted by Crippen LogP contribution is -2.46. The Morgan fingerprint density at radius 1 is 1.19 bits per heavy atom. The number of likely N-dealkylation sites (tertiary alicyclic amines) is 1. The number of carboxylic acids is 1. The third kappa shape index (κ3) is 5.61. The molecular weight excluding hydrogens is 415 g/mol. The van der Waals surface area contributed by atoms with E-state index in [1.54, 1.807) is 23.1 Å². The number of nitrogens with one attached hydrogen (secondary N) is 1. The van der Waals surface area contributed by atoms with Crippen molar-refractivity contribution in [2.24, 2.45) is 5.92 Å². The van der Waals surface area contributed by atoms with Crippen molar-refractivity contribution in [2.75, 3.05) is 13.1 Å². The van der Waals surface area contributed by atoms with Gasteiger partial charge in [-0.25, -0.2) is 0 Å². The van der Waals surface area contributed by atoms with Gasteiger partial charge in [-0.05, 0) is 37.5 Å². The van der Waals surface area contributed by atoms with Crippen LogP contribution in [0.2, 0.25) is 15.1 Å². The molecule has 1 atom stereocenters. The highest BCUT2D eigenvalue weighted by Gasteiger charge is 2.28. The number of benzene rings is 1. The molecule has 1 fully saturated rings. The molecular formula is C18H19Cl3N2O4. The smallest absolute Gasteiger partial charge is 0.325 e. The maximum absolute atomic E-state index is 12.3. The van der Waals surface area contributed by atoms with Crippen LogP contribution in [0.3, 0.4) is 0 Å². The Balaban J connectivity index is 1.90. The van der Waals surface area contributed by atoms with Gasteiger partial charge in [0.25, 0.3) is 0 Å². The predicted octanol–water partition coefficient (Wildman–Crippen LogP) is 3.49. The van der Waals surface area contributed by atoms with E-state index in [0.29, 0.717) is 36.5 Å². The first kappa shape index (κ1) is 21.5. The molecule has 0 saturated carbocycles. The van der Waals surface area contributed by atoms with Gasteiger partial charge in [-0.15, -0.1) is 0 Å². The molecule has 0 aromatic heterocycles. The first-order chi connectivity index (χ1) is 12.7. The first-order valence-corrected chi connectivity index (χ1v) is 9.47. The zero-order valence-electron chi connectivity index (χ0n) is 14.5. The summed E-state index contributed by atoms with van der Waals surface area (Å²) in [5.41, 5.74) is 0.580. The highest BCUT2D eigenvalue weighted by atomic mass is 35.5. The molecule has 1 aromatic carbocycles. The molecule has 0 unspecified atom stereocenters. The number of nitrogens with zero attached hydrogens (tertiary/aromatic N) is 1.